The van der Waals surface area contributed by atoms with Crippen molar-refractivity contribution < 1.29 is 18.9 Å². The summed E-state index contributed by atoms with van der Waals surface area (Å²) in [4.78, 5) is 0. The number of hydrogen-bond donors (Lipinski definition) is 0. The van der Waals surface area contributed by atoms with E-state index in [2.05, 4.69) is 13.2 Å². The van der Waals surface area contributed by atoms with Gasteiger partial charge >= 0.3 is 0 Å². The van der Waals surface area contributed by atoms with E-state index in [1.54, 1.807) is 12.2 Å². The van der Waals surface area contributed by atoms with E-state index in [-0.39, 0.29) is 24.4 Å². The highest BCUT2D eigenvalue weighted by Gasteiger charge is 2.49. The van der Waals surface area contributed by atoms with Gasteiger partial charge in [0.2, 0.25) is 0 Å². The third kappa shape index (κ3) is 1.74. The third-order valence-electron chi connectivity index (χ3n) is 2.96. The van der Waals surface area contributed by atoms with E-state index in [1.807, 2.05) is 0 Å². The Balaban J connectivity index is 2.25. The fourth-order valence-corrected chi connectivity index (χ4v) is 2.18. The van der Waals surface area contributed by atoms with Crippen molar-refractivity contribution in [2.75, 3.05) is 26.8 Å². The van der Waals surface area contributed by atoms with Crippen LogP contribution < -0.4 is 0 Å². The average molecular weight is 212 g/mol. The van der Waals surface area contributed by atoms with E-state index in [4.69, 9.17) is 18.9 Å². The van der Waals surface area contributed by atoms with Crippen molar-refractivity contribution in [3.63, 3.8) is 0 Å². The first-order chi connectivity index (χ1) is 7.33. The van der Waals surface area contributed by atoms with Crippen LogP contribution in [-0.2, 0) is 18.9 Å². The normalized spacial score (nSPS) is 34.9. The zero-order valence-corrected chi connectivity index (χ0v) is 8.69. The van der Waals surface area contributed by atoms with Crippen molar-refractivity contribution in [1.29, 1.82) is 0 Å². The molecule has 2 atom stereocenters. The second kappa shape index (κ2) is 4.45. The molecule has 2 heterocycles. The second-order valence-corrected chi connectivity index (χ2v) is 3.81. The van der Waals surface area contributed by atoms with Crippen molar-refractivity contribution in [3.05, 3.63) is 25.3 Å². The van der Waals surface area contributed by atoms with Gasteiger partial charge in [-0.15, -0.1) is 13.2 Å². The molecule has 0 amide bonds. The molecule has 4 nitrogen and oxygen atoms in total. The van der Waals surface area contributed by atoms with E-state index < -0.39 is 0 Å². The van der Waals surface area contributed by atoms with E-state index in [1.165, 1.54) is 0 Å². The molecule has 0 aromatic heterocycles. The number of hydrogen-bond acceptors (Lipinski definition) is 4. The number of rotatable bonds is 2. The SMILES string of the molecule is C=CC1OCOC(C=C)C12COCOC2. The Bertz CT molecular complexity index is 227. The Morgan fingerprint density at radius 3 is 1.93 bits per heavy atom. The van der Waals surface area contributed by atoms with Crippen LogP contribution in [-0.4, -0.2) is 39.0 Å². The highest BCUT2D eigenvalue weighted by atomic mass is 16.7. The van der Waals surface area contributed by atoms with Gasteiger partial charge in [-0.1, -0.05) is 12.2 Å². The fraction of sp³-hybridized carbons (Fsp3) is 0.636. The summed E-state index contributed by atoms with van der Waals surface area (Å²) in [5, 5.41) is 0. The Morgan fingerprint density at radius 2 is 1.47 bits per heavy atom. The molecule has 2 saturated heterocycles. The van der Waals surface area contributed by atoms with Crippen LogP contribution in [0.25, 0.3) is 0 Å². The van der Waals surface area contributed by atoms with Gasteiger partial charge in [-0.25, -0.2) is 0 Å². The summed E-state index contributed by atoms with van der Waals surface area (Å²) in [6, 6.07) is 0. The Hall–Kier alpha value is -0.680. The molecule has 0 saturated carbocycles. The van der Waals surface area contributed by atoms with Crippen LogP contribution >= 0.6 is 0 Å². The summed E-state index contributed by atoms with van der Waals surface area (Å²) in [6.07, 6.45) is 3.32. The molecule has 0 aromatic carbocycles. The van der Waals surface area contributed by atoms with Crippen LogP contribution in [0.2, 0.25) is 0 Å². The molecular formula is C11H16O4. The van der Waals surface area contributed by atoms with Gasteiger partial charge in [0.25, 0.3) is 0 Å². The molecule has 0 aliphatic carbocycles. The lowest BCUT2D eigenvalue weighted by atomic mass is 9.77. The molecule has 2 unspecified atom stereocenters. The molecule has 2 fully saturated rings. The minimum absolute atomic E-state index is 0.116. The maximum Gasteiger partial charge on any atom is 0.148 e. The monoisotopic (exact) mass is 212 g/mol. The van der Waals surface area contributed by atoms with Crippen molar-refractivity contribution >= 4 is 0 Å². The van der Waals surface area contributed by atoms with Gasteiger partial charge in [-0.05, 0) is 0 Å². The zero-order chi connectivity index (χ0) is 10.7. The van der Waals surface area contributed by atoms with Gasteiger partial charge < -0.3 is 18.9 Å². The van der Waals surface area contributed by atoms with Crippen molar-refractivity contribution in [1.82, 2.24) is 0 Å². The largest absolute Gasteiger partial charge is 0.355 e. The van der Waals surface area contributed by atoms with Crippen LogP contribution in [0.5, 0.6) is 0 Å². The first-order valence-electron chi connectivity index (χ1n) is 4.97. The first kappa shape index (κ1) is 10.8. The van der Waals surface area contributed by atoms with Crippen LogP contribution in [0.4, 0.5) is 0 Å². The summed E-state index contributed by atoms with van der Waals surface area (Å²) < 4.78 is 21.7. The van der Waals surface area contributed by atoms with Crippen molar-refractivity contribution in [2.24, 2.45) is 5.41 Å². The highest BCUT2D eigenvalue weighted by Crippen LogP contribution is 2.38. The molecule has 2 aliphatic rings. The van der Waals surface area contributed by atoms with Crippen molar-refractivity contribution in [3.8, 4) is 0 Å². The molecule has 0 N–H and O–H groups in total. The van der Waals surface area contributed by atoms with Gasteiger partial charge in [-0.2, -0.15) is 0 Å². The Labute approximate surface area is 89.5 Å². The lowest BCUT2D eigenvalue weighted by Crippen LogP contribution is -2.58. The lowest BCUT2D eigenvalue weighted by molar-refractivity contribution is -0.284. The van der Waals surface area contributed by atoms with Gasteiger partial charge in [0, 0.05) is 0 Å². The quantitative estimate of drug-likeness (QED) is 0.642. The standard InChI is InChI=1S/C11H16O4/c1-3-9-11(5-12-7-13-6-11)10(4-2)15-8-14-9/h3-4,9-10H,1-2,5-8H2. The minimum Gasteiger partial charge on any atom is -0.355 e. The third-order valence-corrected chi connectivity index (χ3v) is 2.96. The van der Waals surface area contributed by atoms with Crippen LogP contribution in [0.15, 0.2) is 25.3 Å². The summed E-state index contributed by atoms with van der Waals surface area (Å²) in [5.41, 5.74) is -0.333. The predicted octanol–water partition coefficient (Wildman–Crippen LogP) is 1.09. The van der Waals surface area contributed by atoms with Crippen LogP contribution in [0.3, 0.4) is 0 Å². The molecule has 1 spiro atoms. The Kier molecular flexibility index (Phi) is 3.21. The molecule has 2 aliphatic heterocycles. The van der Waals surface area contributed by atoms with Gasteiger partial charge in [-0.3, -0.25) is 0 Å². The molecule has 0 bridgehead atoms. The molecule has 0 aromatic rings. The summed E-state index contributed by atoms with van der Waals surface area (Å²) in [5.74, 6) is 0. The lowest BCUT2D eigenvalue weighted by Gasteiger charge is -2.48. The highest BCUT2D eigenvalue weighted by molar-refractivity contribution is 5.08. The van der Waals surface area contributed by atoms with Crippen LogP contribution in [0, 0.1) is 5.41 Å². The molecular weight excluding hydrogens is 196 g/mol. The predicted molar refractivity (Wildman–Crippen MR) is 54.2 cm³/mol. The summed E-state index contributed by atoms with van der Waals surface area (Å²) in [6.45, 7) is 9.23. The van der Waals surface area contributed by atoms with Gasteiger partial charge in [0.1, 0.15) is 13.6 Å². The first-order valence-corrected chi connectivity index (χ1v) is 4.97. The van der Waals surface area contributed by atoms with Crippen LogP contribution in [0.1, 0.15) is 0 Å². The average Bonchev–Trinajstić information content (AvgIpc) is 2.30. The maximum absolute atomic E-state index is 5.50. The molecule has 2 rings (SSSR count). The molecule has 0 radical (unpaired) electrons. The van der Waals surface area contributed by atoms with E-state index in [9.17, 15) is 0 Å². The van der Waals surface area contributed by atoms with E-state index in [0.29, 0.717) is 20.0 Å². The van der Waals surface area contributed by atoms with Gasteiger partial charge in [0.05, 0.1) is 30.8 Å². The summed E-state index contributed by atoms with van der Waals surface area (Å²) >= 11 is 0. The minimum atomic E-state index is -0.333. The van der Waals surface area contributed by atoms with Gasteiger partial charge in [0.15, 0.2) is 0 Å². The topological polar surface area (TPSA) is 36.9 Å². The van der Waals surface area contributed by atoms with Crippen molar-refractivity contribution in [2.45, 2.75) is 12.2 Å². The molecule has 4 heteroatoms. The molecule has 84 valence electrons. The van der Waals surface area contributed by atoms with E-state index >= 15 is 0 Å². The fourth-order valence-electron chi connectivity index (χ4n) is 2.18. The van der Waals surface area contributed by atoms with E-state index in [0.717, 1.165) is 0 Å². The summed E-state index contributed by atoms with van der Waals surface area (Å²) in [7, 11) is 0. The number of ether oxygens (including phenoxy) is 4. The smallest absolute Gasteiger partial charge is 0.148 e. The second-order valence-electron chi connectivity index (χ2n) is 3.81. The zero-order valence-electron chi connectivity index (χ0n) is 8.69. The molecule has 15 heavy (non-hydrogen) atoms. The maximum atomic E-state index is 5.50. The Morgan fingerprint density at radius 1 is 0.933 bits per heavy atom.